The topological polar surface area (TPSA) is 64.0 Å². The molecule has 108 valence electrons. The largest absolute Gasteiger partial charge is 0.276 e. The SMILES string of the molecule is CCc1nn(C)cc1NS(=O)(=O)c1ccc(Br)c(C)c1. The van der Waals surface area contributed by atoms with Crippen LogP contribution in [0, 0.1) is 6.92 Å². The van der Waals surface area contributed by atoms with E-state index in [1.54, 1.807) is 36.1 Å². The molecule has 0 saturated heterocycles. The highest BCUT2D eigenvalue weighted by atomic mass is 79.9. The minimum atomic E-state index is -3.60. The van der Waals surface area contributed by atoms with Gasteiger partial charge in [-0.15, -0.1) is 0 Å². The van der Waals surface area contributed by atoms with Crippen LogP contribution in [-0.2, 0) is 23.5 Å². The first kappa shape index (κ1) is 15.1. The number of nitrogens with one attached hydrogen (secondary N) is 1. The smallest absolute Gasteiger partial charge is 0.262 e. The van der Waals surface area contributed by atoms with Gasteiger partial charge in [-0.25, -0.2) is 8.42 Å². The minimum Gasteiger partial charge on any atom is -0.276 e. The van der Waals surface area contributed by atoms with E-state index in [4.69, 9.17) is 0 Å². The molecule has 2 aromatic rings. The van der Waals surface area contributed by atoms with Crippen molar-refractivity contribution in [1.29, 1.82) is 0 Å². The molecule has 0 bridgehead atoms. The van der Waals surface area contributed by atoms with E-state index in [1.165, 1.54) is 0 Å². The van der Waals surface area contributed by atoms with Crippen molar-refractivity contribution in [2.45, 2.75) is 25.2 Å². The fraction of sp³-hybridized carbons (Fsp3) is 0.308. The van der Waals surface area contributed by atoms with Crippen LogP contribution >= 0.6 is 15.9 Å². The zero-order valence-corrected chi connectivity index (χ0v) is 13.9. The molecule has 0 saturated carbocycles. The van der Waals surface area contributed by atoms with E-state index in [-0.39, 0.29) is 4.90 Å². The molecule has 1 aromatic heterocycles. The van der Waals surface area contributed by atoms with Crippen molar-refractivity contribution in [2.24, 2.45) is 7.05 Å². The molecule has 2 rings (SSSR count). The van der Waals surface area contributed by atoms with Crippen LogP contribution in [0.2, 0.25) is 0 Å². The van der Waals surface area contributed by atoms with Gasteiger partial charge in [0.1, 0.15) is 0 Å². The van der Waals surface area contributed by atoms with E-state index < -0.39 is 10.0 Å². The van der Waals surface area contributed by atoms with Crippen molar-refractivity contribution in [1.82, 2.24) is 9.78 Å². The Kier molecular flexibility index (Phi) is 4.19. The van der Waals surface area contributed by atoms with Crippen molar-refractivity contribution < 1.29 is 8.42 Å². The van der Waals surface area contributed by atoms with Gasteiger partial charge < -0.3 is 0 Å². The summed E-state index contributed by atoms with van der Waals surface area (Å²) in [5.74, 6) is 0. The lowest BCUT2D eigenvalue weighted by Crippen LogP contribution is -2.13. The Morgan fingerprint density at radius 1 is 1.40 bits per heavy atom. The highest BCUT2D eigenvalue weighted by Gasteiger charge is 2.18. The van der Waals surface area contributed by atoms with Crippen LogP contribution < -0.4 is 4.72 Å². The van der Waals surface area contributed by atoms with Gasteiger partial charge in [-0.2, -0.15) is 5.10 Å². The first-order valence-corrected chi connectivity index (χ1v) is 8.42. The summed E-state index contributed by atoms with van der Waals surface area (Å²) in [5, 5.41) is 4.22. The molecule has 0 radical (unpaired) electrons. The third kappa shape index (κ3) is 3.04. The molecule has 0 aliphatic rings. The van der Waals surface area contributed by atoms with Crippen LogP contribution in [0.4, 0.5) is 5.69 Å². The fourth-order valence-corrected chi connectivity index (χ4v) is 3.27. The second-order valence-electron chi connectivity index (χ2n) is 4.53. The standard InChI is InChI=1S/C13H16BrN3O2S/c1-4-12-13(8-17(3)15-12)16-20(18,19)10-5-6-11(14)9(2)7-10/h5-8,16H,4H2,1-3H3. The Bertz CT molecular complexity index is 738. The molecule has 0 aliphatic carbocycles. The highest BCUT2D eigenvalue weighted by Crippen LogP contribution is 2.23. The molecule has 7 heteroatoms. The van der Waals surface area contributed by atoms with E-state index in [1.807, 2.05) is 13.8 Å². The second-order valence-corrected chi connectivity index (χ2v) is 7.07. The van der Waals surface area contributed by atoms with Gasteiger partial charge in [0.15, 0.2) is 0 Å². The molecule has 1 aromatic carbocycles. The normalized spacial score (nSPS) is 11.6. The number of sulfonamides is 1. The van der Waals surface area contributed by atoms with Crippen LogP contribution in [0.25, 0.3) is 0 Å². The summed E-state index contributed by atoms with van der Waals surface area (Å²) in [7, 11) is -1.83. The maximum atomic E-state index is 12.4. The van der Waals surface area contributed by atoms with Crippen molar-refractivity contribution in [3.05, 3.63) is 40.1 Å². The van der Waals surface area contributed by atoms with Crippen LogP contribution in [0.3, 0.4) is 0 Å². The predicted molar refractivity (Wildman–Crippen MR) is 82.3 cm³/mol. The lowest BCUT2D eigenvalue weighted by molar-refractivity contribution is 0.601. The Hall–Kier alpha value is -1.34. The quantitative estimate of drug-likeness (QED) is 0.914. The lowest BCUT2D eigenvalue weighted by Gasteiger charge is -2.08. The van der Waals surface area contributed by atoms with Gasteiger partial charge in [0.05, 0.1) is 16.3 Å². The summed E-state index contributed by atoms with van der Waals surface area (Å²) >= 11 is 3.36. The molecule has 0 amide bonds. The lowest BCUT2D eigenvalue weighted by atomic mass is 10.2. The molecular formula is C13H16BrN3O2S. The Morgan fingerprint density at radius 2 is 2.10 bits per heavy atom. The number of aryl methyl sites for hydroxylation is 3. The van der Waals surface area contributed by atoms with Crippen molar-refractivity contribution in [3.8, 4) is 0 Å². The van der Waals surface area contributed by atoms with Crippen LogP contribution in [-0.4, -0.2) is 18.2 Å². The number of nitrogens with zero attached hydrogens (tertiary/aromatic N) is 2. The molecule has 1 N–H and O–H groups in total. The van der Waals surface area contributed by atoms with Gasteiger partial charge in [-0.1, -0.05) is 22.9 Å². The molecular weight excluding hydrogens is 342 g/mol. The van der Waals surface area contributed by atoms with Crippen LogP contribution in [0.5, 0.6) is 0 Å². The first-order chi connectivity index (χ1) is 9.33. The minimum absolute atomic E-state index is 0.240. The van der Waals surface area contributed by atoms with Crippen molar-refractivity contribution in [3.63, 3.8) is 0 Å². The van der Waals surface area contributed by atoms with Gasteiger partial charge in [0.2, 0.25) is 0 Å². The van der Waals surface area contributed by atoms with Gasteiger partial charge in [0, 0.05) is 17.7 Å². The maximum Gasteiger partial charge on any atom is 0.262 e. The van der Waals surface area contributed by atoms with Gasteiger partial charge in [-0.05, 0) is 37.1 Å². The number of aromatic nitrogens is 2. The van der Waals surface area contributed by atoms with Crippen LogP contribution in [0.15, 0.2) is 33.8 Å². The average molecular weight is 358 g/mol. The number of hydrogen-bond donors (Lipinski definition) is 1. The number of halogens is 1. The van der Waals surface area contributed by atoms with Gasteiger partial charge >= 0.3 is 0 Å². The third-order valence-corrected chi connectivity index (χ3v) is 5.18. The number of hydrogen-bond acceptors (Lipinski definition) is 3. The highest BCUT2D eigenvalue weighted by molar-refractivity contribution is 9.10. The number of anilines is 1. The average Bonchev–Trinajstić information content (AvgIpc) is 2.72. The summed E-state index contributed by atoms with van der Waals surface area (Å²) in [6, 6.07) is 4.93. The fourth-order valence-electron chi connectivity index (χ4n) is 1.87. The van der Waals surface area contributed by atoms with E-state index in [0.717, 1.165) is 15.7 Å². The number of rotatable bonds is 4. The molecule has 0 unspecified atom stereocenters. The summed E-state index contributed by atoms with van der Waals surface area (Å²) in [4.78, 5) is 0.240. The molecule has 0 fully saturated rings. The van der Waals surface area contributed by atoms with E-state index in [2.05, 4.69) is 25.8 Å². The molecule has 1 heterocycles. The summed E-state index contributed by atoms with van der Waals surface area (Å²) in [6.07, 6.45) is 2.33. The molecule has 0 atom stereocenters. The monoisotopic (exact) mass is 357 g/mol. The second kappa shape index (κ2) is 5.57. The molecule has 5 nitrogen and oxygen atoms in total. The Labute approximate surface area is 127 Å². The maximum absolute atomic E-state index is 12.4. The number of benzene rings is 1. The summed E-state index contributed by atoms with van der Waals surface area (Å²) in [5.41, 5.74) is 2.12. The van der Waals surface area contributed by atoms with E-state index >= 15 is 0 Å². The van der Waals surface area contributed by atoms with E-state index in [9.17, 15) is 8.42 Å². The first-order valence-electron chi connectivity index (χ1n) is 6.15. The van der Waals surface area contributed by atoms with Crippen LogP contribution in [0.1, 0.15) is 18.2 Å². The Morgan fingerprint density at radius 3 is 2.70 bits per heavy atom. The van der Waals surface area contributed by atoms with Crippen molar-refractivity contribution in [2.75, 3.05) is 4.72 Å². The Balaban J connectivity index is 2.37. The summed E-state index contributed by atoms with van der Waals surface area (Å²) < 4.78 is 29.8. The summed E-state index contributed by atoms with van der Waals surface area (Å²) in [6.45, 7) is 3.79. The molecule has 0 spiro atoms. The zero-order chi connectivity index (χ0) is 14.9. The molecule has 20 heavy (non-hydrogen) atoms. The molecule has 0 aliphatic heterocycles. The zero-order valence-electron chi connectivity index (χ0n) is 11.5. The van der Waals surface area contributed by atoms with Crippen molar-refractivity contribution >= 4 is 31.6 Å². The van der Waals surface area contributed by atoms with Gasteiger partial charge in [0.25, 0.3) is 10.0 Å². The predicted octanol–water partition coefficient (Wildman–Crippen LogP) is 2.85. The van der Waals surface area contributed by atoms with Gasteiger partial charge in [-0.3, -0.25) is 9.40 Å². The van der Waals surface area contributed by atoms with E-state index in [0.29, 0.717) is 12.1 Å². The third-order valence-electron chi connectivity index (χ3n) is 2.92.